The van der Waals surface area contributed by atoms with Crippen LogP contribution in [0.25, 0.3) is 0 Å². The molecule has 3 N–H and O–H groups in total. The lowest BCUT2D eigenvalue weighted by Crippen LogP contribution is -2.06. The van der Waals surface area contributed by atoms with Crippen molar-refractivity contribution in [2.24, 2.45) is 0 Å². The Morgan fingerprint density at radius 1 is 1.35 bits per heavy atom. The molecular formula is C14H12FNO3S. The van der Waals surface area contributed by atoms with Crippen LogP contribution in [-0.4, -0.2) is 18.2 Å². The van der Waals surface area contributed by atoms with E-state index in [4.69, 9.17) is 15.6 Å². The summed E-state index contributed by atoms with van der Waals surface area (Å²) in [6.07, 6.45) is 0. The van der Waals surface area contributed by atoms with Crippen molar-refractivity contribution in [1.29, 1.82) is 0 Å². The van der Waals surface area contributed by atoms with Gasteiger partial charge in [-0.05, 0) is 30.3 Å². The van der Waals surface area contributed by atoms with E-state index in [9.17, 15) is 9.18 Å². The highest BCUT2D eigenvalue weighted by Gasteiger charge is 2.18. The second kappa shape index (κ2) is 5.83. The number of ether oxygens (including phenoxy) is 1. The third-order valence-corrected chi connectivity index (χ3v) is 3.69. The minimum atomic E-state index is -1.26. The van der Waals surface area contributed by atoms with Crippen LogP contribution in [-0.2, 0) is 0 Å². The number of benzene rings is 2. The molecule has 0 aromatic heterocycles. The molecule has 0 aliphatic heterocycles. The normalized spacial score (nSPS) is 10.3. The van der Waals surface area contributed by atoms with Crippen molar-refractivity contribution in [1.82, 2.24) is 0 Å². The van der Waals surface area contributed by atoms with Gasteiger partial charge in [0.1, 0.15) is 11.6 Å². The fraction of sp³-hybridized carbons (Fsp3) is 0.0714. The highest BCUT2D eigenvalue weighted by molar-refractivity contribution is 7.99. The summed E-state index contributed by atoms with van der Waals surface area (Å²) in [4.78, 5) is 12.4. The van der Waals surface area contributed by atoms with Gasteiger partial charge in [-0.1, -0.05) is 17.8 Å². The second-order valence-corrected chi connectivity index (χ2v) is 5.04. The zero-order chi connectivity index (χ0) is 14.7. The van der Waals surface area contributed by atoms with E-state index in [1.807, 2.05) is 0 Å². The minimum Gasteiger partial charge on any atom is -0.497 e. The molecule has 4 nitrogen and oxygen atoms in total. The summed E-state index contributed by atoms with van der Waals surface area (Å²) in [6, 6.07) is 9.69. The predicted octanol–water partition coefficient (Wildman–Crippen LogP) is 3.27. The Kier molecular flexibility index (Phi) is 4.14. The van der Waals surface area contributed by atoms with Gasteiger partial charge in [0, 0.05) is 9.79 Å². The van der Waals surface area contributed by atoms with Gasteiger partial charge in [-0.2, -0.15) is 0 Å². The van der Waals surface area contributed by atoms with Crippen molar-refractivity contribution in [2.75, 3.05) is 12.8 Å². The van der Waals surface area contributed by atoms with Crippen molar-refractivity contribution >= 4 is 23.4 Å². The first-order valence-corrected chi connectivity index (χ1v) is 6.47. The Hall–Kier alpha value is -2.21. The number of hydrogen-bond donors (Lipinski definition) is 2. The predicted molar refractivity (Wildman–Crippen MR) is 74.9 cm³/mol. The quantitative estimate of drug-likeness (QED) is 0.846. The molecule has 0 bridgehead atoms. The van der Waals surface area contributed by atoms with Crippen LogP contribution in [0.5, 0.6) is 5.75 Å². The number of nitrogens with two attached hydrogens (primary N) is 1. The van der Waals surface area contributed by atoms with Gasteiger partial charge in [0.15, 0.2) is 0 Å². The Morgan fingerprint density at radius 3 is 2.75 bits per heavy atom. The number of carboxylic acid groups (broad SMARTS) is 1. The summed E-state index contributed by atoms with van der Waals surface area (Å²) in [5.41, 5.74) is 4.92. The molecule has 0 fully saturated rings. The highest BCUT2D eigenvalue weighted by atomic mass is 32.2. The van der Waals surface area contributed by atoms with E-state index in [0.29, 0.717) is 10.6 Å². The molecular weight excluding hydrogens is 281 g/mol. The zero-order valence-corrected chi connectivity index (χ0v) is 11.4. The van der Waals surface area contributed by atoms with E-state index < -0.39 is 11.8 Å². The van der Waals surface area contributed by atoms with Crippen LogP contribution in [0.3, 0.4) is 0 Å². The van der Waals surface area contributed by atoms with Gasteiger partial charge in [-0.15, -0.1) is 0 Å². The molecule has 6 heteroatoms. The maximum absolute atomic E-state index is 13.4. The fourth-order valence-corrected chi connectivity index (χ4v) is 2.68. The topological polar surface area (TPSA) is 72.5 Å². The Bertz CT molecular complexity index is 661. The number of anilines is 1. The average molecular weight is 293 g/mol. The molecule has 2 aromatic rings. The maximum Gasteiger partial charge on any atom is 0.339 e. The van der Waals surface area contributed by atoms with Crippen molar-refractivity contribution in [3.63, 3.8) is 0 Å². The largest absolute Gasteiger partial charge is 0.497 e. The first kappa shape index (κ1) is 14.2. The van der Waals surface area contributed by atoms with Crippen molar-refractivity contribution in [3.8, 4) is 5.75 Å². The van der Waals surface area contributed by atoms with E-state index in [1.54, 1.807) is 31.4 Å². The molecule has 0 aliphatic rings. The molecule has 0 radical (unpaired) electrons. The van der Waals surface area contributed by atoms with Crippen LogP contribution in [0, 0.1) is 5.82 Å². The summed E-state index contributed by atoms with van der Waals surface area (Å²) in [5, 5.41) is 9.17. The number of hydrogen-bond acceptors (Lipinski definition) is 4. The maximum atomic E-state index is 13.4. The Labute approximate surface area is 119 Å². The van der Waals surface area contributed by atoms with Gasteiger partial charge in [0.25, 0.3) is 0 Å². The van der Waals surface area contributed by atoms with Gasteiger partial charge < -0.3 is 15.6 Å². The second-order valence-electron chi connectivity index (χ2n) is 3.92. The molecule has 0 saturated heterocycles. The summed E-state index contributed by atoms with van der Waals surface area (Å²) in [7, 11) is 1.54. The molecule has 0 unspecified atom stereocenters. The van der Waals surface area contributed by atoms with Crippen LogP contribution in [0.2, 0.25) is 0 Å². The van der Waals surface area contributed by atoms with Crippen LogP contribution < -0.4 is 10.5 Å². The van der Waals surface area contributed by atoms with E-state index in [0.717, 1.165) is 11.0 Å². The monoisotopic (exact) mass is 293 g/mol. The third-order valence-electron chi connectivity index (χ3n) is 2.64. The Morgan fingerprint density at radius 2 is 2.10 bits per heavy atom. The van der Waals surface area contributed by atoms with Gasteiger partial charge in [-0.3, -0.25) is 0 Å². The number of halogens is 1. The summed E-state index contributed by atoms with van der Waals surface area (Å²) >= 11 is 1.19. The standard InChI is InChI=1S/C14H12FNO3S/c1-19-8-3-2-4-9(7-8)20-11-6-5-10(15)13(16)12(11)14(17)18/h2-7H,16H2,1H3,(H,17,18). The van der Waals surface area contributed by atoms with Gasteiger partial charge >= 0.3 is 5.97 Å². The van der Waals surface area contributed by atoms with E-state index in [2.05, 4.69) is 0 Å². The summed E-state index contributed by atoms with van der Waals surface area (Å²) in [6.45, 7) is 0. The third kappa shape index (κ3) is 2.85. The molecule has 20 heavy (non-hydrogen) atoms. The number of carboxylic acids is 1. The molecule has 104 valence electrons. The lowest BCUT2D eigenvalue weighted by atomic mass is 10.2. The van der Waals surface area contributed by atoms with Crippen molar-refractivity contribution < 1.29 is 19.0 Å². The number of nitrogen functional groups attached to an aromatic ring is 1. The van der Waals surface area contributed by atoms with Gasteiger partial charge in [0.2, 0.25) is 0 Å². The number of methoxy groups -OCH3 is 1. The van der Waals surface area contributed by atoms with E-state index in [1.165, 1.54) is 17.8 Å². The number of rotatable bonds is 4. The molecule has 0 heterocycles. The van der Waals surface area contributed by atoms with E-state index >= 15 is 0 Å². The van der Waals surface area contributed by atoms with Gasteiger partial charge in [-0.25, -0.2) is 9.18 Å². The molecule has 0 aliphatic carbocycles. The SMILES string of the molecule is COc1cccc(Sc2ccc(F)c(N)c2C(=O)O)c1. The van der Waals surface area contributed by atoms with E-state index in [-0.39, 0.29) is 11.3 Å². The lowest BCUT2D eigenvalue weighted by Gasteiger charge is -2.10. The Balaban J connectivity index is 2.43. The van der Waals surface area contributed by atoms with Gasteiger partial charge in [0.05, 0.1) is 18.4 Å². The lowest BCUT2D eigenvalue weighted by molar-refractivity contribution is 0.0694. The molecule has 0 spiro atoms. The van der Waals surface area contributed by atoms with Crippen LogP contribution in [0.15, 0.2) is 46.2 Å². The molecule has 2 rings (SSSR count). The van der Waals surface area contributed by atoms with Crippen LogP contribution in [0.1, 0.15) is 10.4 Å². The van der Waals surface area contributed by atoms with Crippen LogP contribution in [0.4, 0.5) is 10.1 Å². The fourth-order valence-electron chi connectivity index (χ4n) is 1.67. The van der Waals surface area contributed by atoms with Crippen LogP contribution >= 0.6 is 11.8 Å². The average Bonchev–Trinajstić information content (AvgIpc) is 2.43. The smallest absolute Gasteiger partial charge is 0.339 e. The highest BCUT2D eigenvalue weighted by Crippen LogP contribution is 2.35. The number of carbonyl (C=O) groups is 1. The molecule has 0 atom stereocenters. The van der Waals surface area contributed by atoms with Crippen molar-refractivity contribution in [2.45, 2.75) is 9.79 Å². The van der Waals surface area contributed by atoms with Crippen molar-refractivity contribution in [3.05, 3.63) is 47.8 Å². The molecule has 0 saturated carbocycles. The number of aromatic carboxylic acids is 1. The summed E-state index contributed by atoms with van der Waals surface area (Å²) < 4.78 is 18.5. The zero-order valence-electron chi connectivity index (χ0n) is 10.6. The molecule has 2 aromatic carbocycles. The first-order valence-electron chi connectivity index (χ1n) is 5.66. The minimum absolute atomic E-state index is 0.224. The first-order chi connectivity index (χ1) is 9.52. The summed E-state index contributed by atoms with van der Waals surface area (Å²) in [5.74, 6) is -1.34. The molecule has 0 amide bonds.